The highest BCUT2D eigenvalue weighted by atomic mass is 16.2. The Labute approximate surface area is 133 Å². The first kappa shape index (κ1) is 15.5. The van der Waals surface area contributed by atoms with Gasteiger partial charge in [0.1, 0.15) is 6.04 Å². The van der Waals surface area contributed by atoms with Gasteiger partial charge in [0.05, 0.1) is 0 Å². The molecule has 1 saturated carbocycles. The number of carbonyl (C=O) groups is 1. The van der Waals surface area contributed by atoms with E-state index in [1.165, 1.54) is 37.7 Å². The summed E-state index contributed by atoms with van der Waals surface area (Å²) in [5, 5.41) is 3.26. The lowest BCUT2D eigenvalue weighted by molar-refractivity contribution is -0.123. The molecule has 2 fully saturated rings. The summed E-state index contributed by atoms with van der Waals surface area (Å²) in [6.45, 7) is 0. The van der Waals surface area contributed by atoms with Crippen molar-refractivity contribution in [3.05, 3.63) is 35.9 Å². The van der Waals surface area contributed by atoms with Crippen LogP contribution in [0.5, 0.6) is 0 Å². The molecule has 1 aromatic rings. The van der Waals surface area contributed by atoms with Crippen LogP contribution in [0.1, 0.15) is 63.0 Å². The lowest BCUT2D eigenvalue weighted by atomic mass is 9.96. The van der Waals surface area contributed by atoms with Crippen molar-refractivity contribution in [2.45, 2.75) is 69.5 Å². The fourth-order valence-electron chi connectivity index (χ4n) is 3.53. The molecule has 4 heteroatoms. The molecule has 1 aliphatic heterocycles. The highest BCUT2D eigenvalue weighted by Gasteiger charge is 2.30. The van der Waals surface area contributed by atoms with Crippen LogP contribution in [0.4, 0.5) is 0 Å². The predicted molar refractivity (Wildman–Crippen MR) is 88.1 cm³/mol. The third kappa shape index (κ3) is 4.08. The van der Waals surface area contributed by atoms with E-state index in [-0.39, 0.29) is 18.0 Å². The van der Waals surface area contributed by atoms with Gasteiger partial charge in [0, 0.05) is 12.1 Å². The van der Waals surface area contributed by atoms with Crippen LogP contribution in [-0.2, 0) is 4.79 Å². The summed E-state index contributed by atoms with van der Waals surface area (Å²) in [6, 6.07) is 10.8. The second-order valence-corrected chi connectivity index (χ2v) is 6.59. The Morgan fingerprint density at radius 2 is 1.64 bits per heavy atom. The molecule has 1 aliphatic carbocycles. The zero-order chi connectivity index (χ0) is 15.2. The van der Waals surface area contributed by atoms with Crippen LogP contribution in [-0.4, -0.2) is 18.0 Å². The van der Waals surface area contributed by atoms with Gasteiger partial charge in [-0.2, -0.15) is 0 Å². The van der Waals surface area contributed by atoms with Crippen LogP contribution in [0.25, 0.3) is 0 Å². The van der Waals surface area contributed by atoms with E-state index in [0.29, 0.717) is 6.04 Å². The molecular formula is C18H27N3O. The second-order valence-electron chi connectivity index (χ2n) is 6.59. The van der Waals surface area contributed by atoms with Crippen molar-refractivity contribution < 1.29 is 4.79 Å². The number of carbonyl (C=O) groups excluding carboxylic acids is 1. The topological polar surface area (TPSA) is 53.2 Å². The number of nitrogens with one attached hydrogen (secondary N) is 3. The molecule has 3 N–H and O–H groups in total. The summed E-state index contributed by atoms with van der Waals surface area (Å²) < 4.78 is 0. The number of benzene rings is 1. The highest BCUT2D eigenvalue weighted by Crippen LogP contribution is 2.22. The lowest BCUT2D eigenvalue weighted by Gasteiger charge is -2.22. The summed E-state index contributed by atoms with van der Waals surface area (Å²) in [4.78, 5) is 12.5. The van der Waals surface area contributed by atoms with E-state index in [4.69, 9.17) is 0 Å². The normalized spacial score (nSPS) is 27.1. The van der Waals surface area contributed by atoms with E-state index >= 15 is 0 Å². The van der Waals surface area contributed by atoms with Crippen LogP contribution in [0.2, 0.25) is 0 Å². The first-order valence-electron chi connectivity index (χ1n) is 8.69. The van der Waals surface area contributed by atoms with Gasteiger partial charge >= 0.3 is 0 Å². The Morgan fingerprint density at radius 1 is 0.955 bits per heavy atom. The van der Waals surface area contributed by atoms with Crippen molar-refractivity contribution in [3.8, 4) is 0 Å². The van der Waals surface area contributed by atoms with E-state index in [9.17, 15) is 4.79 Å². The minimum atomic E-state index is -0.129. The first-order valence-corrected chi connectivity index (χ1v) is 8.69. The summed E-state index contributed by atoms with van der Waals surface area (Å²) in [5.41, 5.74) is 7.65. The Kier molecular flexibility index (Phi) is 5.46. The molecule has 120 valence electrons. The van der Waals surface area contributed by atoms with Crippen molar-refractivity contribution in [1.82, 2.24) is 16.2 Å². The van der Waals surface area contributed by atoms with Crippen molar-refractivity contribution in [3.63, 3.8) is 0 Å². The lowest BCUT2D eigenvalue weighted by Crippen LogP contribution is -2.47. The molecule has 2 unspecified atom stereocenters. The zero-order valence-corrected chi connectivity index (χ0v) is 13.2. The Bertz CT molecular complexity index is 468. The largest absolute Gasteiger partial charge is 0.352 e. The van der Waals surface area contributed by atoms with Crippen LogP contribution < -0.4 is 16.2 Å². The molecule has 22 heavy (non-hydrogen) atoms. The summed E-state index contributed by atoms with van der Waals surface area (Å²) >= 11 is 0. The van der Waals surface area contributed by atoms with Gasteiger partial charge in [0.2, 0.25) is 5.91 Å². The molecule has 2 atom stereocenters. The molecule has 0 radical (unpaired) electrons. The van der Waals surface area contributed by atoms with E-state index in [1.807, 2.05) is 18.2 Å². The molecule has 4 nitrogen and oxygen atoms in total. The van der Waals surface area contributed by atoms with E-state index in [2.05, 4.69) is 28.3 Å². The monoisotopic (exact) mass is 301 g/mol. The standard InChI is InChI=1S/C18H27N3O/c22-18(19-15-11-7-2-1-3-8-12-15)17-13-16(20-21-17)14-9-5-4-6-10-14/h4-6,9-10,15-17,20-21H,1-3,7-8,11-13H2,(H,19,22). The number of amides is 1. The fourth-order valence-corrected chi connectivity index (χ4v) is 3.53. The minimum absolute atomic E-state index is 0.129. The summed E-state index contributed by atoms with van der Waals surface area (Å²) in [7, 11) is 0. The number of hydrogen-bond donors (Lipinski definition) is 3. The maximum Gasteiger partial charge on any atom is 0.238 e. The van der Waals surface area contributed by atoms with Crippen molar-refractivity contribution >= 4 is 5.91 Å². The Morgan fingerprint density at radius 3 is 2.36 bits per heavy atom. The van der Waals surface area contributed by atoms with Crippen molar-refractivity contribution in [2.24, 2.45) is 0 Å². The maximum atomic E-state index is 12.5. The quantitative estimate of drug-likeness (QED) is 0.804. The molecule has 1 saturated heterocycles. The molecule has 2 aliphatic rings. The third-order valence-electron chi connectivity index (χ3n) is 4.87. The molecule has 1 amide bonds. The second kappa shape index (κ2) is 7.75. The van der Waals surface area contributed by atoms with Gasteiger partial charge in [-0.15, -0.1) is 0 Å². The molecular weight excluding hydrogens is 274 g/mol. The highest BCUT2D eigenvalue weighted by molar-refractivity contribution is 5.82. The molecule has 0 aromatic heterocycles. The molecule has 3 rings (SSSR count). The zero-order valence-electron chi connectivity index (χ0n) is 13.2. The average Bonchev–Trinajstić information content (AvgIpc) is 3.01. The maximum absolute atomic E-state index is 12.5. The Hall–Kier alpha value is -1.39. The summed E-state index contributed by atoms with van der Waals surface area (Å²) in [6.07, 6.45) is 9.54. The smallest absolute Gasteiger partial charge is 0.238 e. The van der Waals surface area contributed by atoms with Crippen LogP contribution in [0.3, 0.4) is 0 Å². The van der Waals surface area contributed by atoms with Crippen LogP contribution in [0.15, 0.2) is 30.3 Å². The average molecular weight is 301 g/mol. The van der Waals surface area contributed by atoms with E-state index in [0.717, 1.165) is 19.3 Å². The first-order chi connectivity index (χ1) is 10.8. The molecule has 1 heterocycles. The molecule has 0 spiro atoms. The molecule has 1 aromatic carbocycles. The van der Waals surface area contributed by atoms with Crippen molar-refractivity contribution in [2.75, 3.05) is 0 Å². The van der Waals surface area contributed by atoms with Crippen LogP contribution in [0, 0.1) is 0 Å². The van der Waals surface area contributed by atoms with E-state index in [1.54, 1.807) is 0 Å². The number of rotatable bonds is 3. The van der Waals surface area contributed by atoms with Gasteiger partial charge in [0.15, 0.2) is 0 Å². The predicted octanol–water partition coefficient (Wildman–Crippen LogP) is 2.82. The summed E-state index contributed by atoms with van der Waals surface area (Å²) in [5.74, 6) is 0.150. The van der Waals surface area contributed by atoms with Gasteiger partial charge in [0.25, 0.3) is 0 Å². The van der Waals surface area contributed by atoms with Crippen LogP contribution >= 0.6 is 0 Å². The van der Waals surface area contributed by atoms with E-state index < -0.39 is 0 Å². The van der Waals surface area contributed by atoms with Gasteiger partial charge in [-0.05, 0) is 24.8 Å². The number of hydrogen-bond acceptors (Lipinski definition) is 3. The third-order valence-corrected chi connectivity index (χ3v) is 4.87. The molecule has 0 bridgehead atoms. The van der Waals surface area contributed by atoms with Gasteiger partial charge < -0.3 is 5.32 Å². The number of hydrazine groups is 1. The van der Waals surface area contributed by atoms with Gasteiger partial charge in [-0.25, -0.2) is 10.9 Å². The fraction of sp³-hybridized carbons (Fsp3) is 0.611. The van der Waals surface area contributed by atoms with Gasteiger partial charge in [-0.3, -0.25) is 4.79 Å². The van der Waals surface area contributed by atoms with Gasteiger partial charge in [-0.1, -0.05) is 62.4 Å². The SMILES string of the molecule is O=C(NC1CCCCCCC1)C1CC(c2ccccc2)NN1. The Balaban J connectivity index is 1.50. The van der Waals surface area contributed by atoms with Crippen molar-refractivity contribution in [1.29, 1.82) is 0 Å². The minimum Gasteiger partial charge on any atom is -0.352 e.